The first-order valence-corrected chi connectivity index (χ1v) is 38.8. The molecule has 0 saturated heterocycles. The van der Waals surface area contributed by atoms with Gasteiger partial charge in [0.2, 0.25) is 0 Å². The topological polar surface area (TPSA) is 220 Å². The molecule has 2 rings (SSSR count). The summed E-state index contributed by atoms with van der Waals surface area (Å²) in [6.45, 7) is 8.72. The molecule has 0 aliphatic carbocycles. The van der Waals surface area contributed by atoms with E-state index in [1.807, 2.05) is 0 Å². The van der Waals surface area contributed by atoms with Gasteiger partial charge in [-0.2, -0.15) is 0 Å². The molecular formula is C76H122CaO14S2. The monoisotopic (exact) mass is 1360 g/mol. The molecule has 0 unspecified atom stereocenters. The van der Waals surface area contributed by atoms with Gasteiger partial charge in [-0.15, -0.1) is 0 Å². The van der Waals surface area contributed by atoms with Gasteiger partial charge in [-0.05, 0) is 129 Å². The van der Waals surface area contributed by atoms with Crippen molar-refractivity contribution in [3.8, 4) is 0 Å². The average Bonchev–Trinajstić information content (AvgIpc) is 0.820. The van der Waals surface area contributed by atoms with Crippen molar-refractivity contribution >= 4 is 81.9 Å². The number of carbonyl (C=O) groups is 4. The van der Waals surface area contributed by atoms with Crippen molar-refractivity contribution in [3.05, 3.63) is 107 Å². The van der Waals surface area contributed by atoms with Crippen molar-refractivity contribution in [2.75, 3.05) is 26.4 Å². The van der Waals surface area contributed by atoms with E-state index in [2.05, 4.69) is 76.3 Å². The first kappa shape index (κ1) is 89.4. The molecule has 0 N–H and O–H groups in total. The zero-order valence-corrected chi connectivity index (χ0v) is 62.1. The molecule has 0 radical (unpaired) electrons. The van der Waals surface area contributed by atoms with Crippen molar-refractivity contribution in [1.29, 1.82) is 0 Å². The van der Waals surface area contributed by atoms with E-state index in [0.29, 0.717) is 25.7 Å². The molecule has 0 aliphatic heterocycles. The van der Waals surface area contributed by atoms with Crippen LogP contribution in [-0.4, -0.2) is 114 Å². The van der Waals surface area contributed by atoms with Gasteiger partial charge in [0, 0.05) is 0 Å². The number of ether oxygens (including phenoxy) is 4. The molecule has 0 fully saturated rings. The smallest absolute Gasteiger partial charge is 0.744 e. The molecule has 0 saturated carbocycles. The van der Waals surface area contributed by atoms with Gasteiger partial charge < -0.3 is 28.1 Å². The van der Waals surface area contributed by atoms with Gasteiger partial charge in [-0.1, -0.05) is 266 Å². The quantitative estimate of drug-likeness (QED) is 0.0150. The van der Waals surface area contributed by atoms with E-state index < -0.39 is 65.0 Å². The number of hydrogen-bond acceptors (Lipinski definition) is 14. The Morgan fingerprint density at radius 2 is 0.484 bits per heavy atom. The number of rotatable bonds is 58. The first-order chi connectivity index (χ1) is 44.6. The zero-order chi connectivity index (χ0) is 67.4. The largest absolute Gasteiger partial charge is 2.00 e. The van der Waals surface area contributed by atoms with Crippen LogP contribution in [0.3, 0.4) is 0 Å². The van der Waals surface area contributed by atoms with Crippen LogP contribution in [0.2, 0.25) is 0 Å². The molecule has 0 bridgehead atoms. The number of unbranched alkanes of at least 4 members (excludes halogenated alkanes) is 40. The fourth-order valence-electron chi connectivity index (χ4n) is 11.0. The van der Waals surface area contributed by atoms with E-state index in [0.717, 1.165) is 89.2 Å². The van der Waals surface area contributed by atoms with Crippen LogP contribution in [0.5, 0.6) is 0 Å². The molecule has 0 atom stereocenters. The Balaban J connectivity index is 0.00000180. The number of esters is 4. The van der Waals surface area contributed by atoms with Gasteiger partial charge in [0.25, 0.3) is 0 Å². The molecule has 2 aromatic carbocycles. The number of carbonyl (C=O) groups excluding carboxylic acids is 4. The SMILES string of the molecule is C/C=C/CCCCCCCCCCCCOC(=O)c1cccc(S(=O)(=O)[O-])c1C(=O)OCCCCCCCCCCCC/C=C/C.C/C=C/CCCCCCCCCCCCOC(=O)c1cccc(S(=O)(=O)[O-])c1C(=O)OCCCCCCCCCCCC/C=C/C.[Ca+2]. The van der Waals surface area contributed by atoms with Crippen LogP contribution in [0.1, 0.15) is 352 Å². The Morgan fingerprint density at radius 1 is 0.301 bits per heavy atom. The van der Waals surface area contributed by atoms with E-state index in [-0.39, 0.29) is 75.3 Å². The molecular weight excluding hydrogens is 1240 g/mol. The summed E-state index contributed by atoms with van der Waals surface area (Å²) >= 11 is 0. The third kappa shape index (κ3) is 48.7. The van der Waals surface area contributed by atoms with Crippen molar-refractivity contribution in [1.82, 2.24) is 0 Å². The van der Waals surface area contributed by atoms with Gasteiger partial charge in [0.15, 0.2) is 0 Å². The standard InChI is InChI=1S/2C38H62O7S.Ca/c2*1-3-5-7-9-11-13-15-17-19-21-23-25-27-32-44-37(39)34-30-29-31-35(46(41,42)43)36(34)38(40)45-33-28-26-24-22-20-18-16-14-12-10-8-6-4-2;/h2*3-6,29-31H,7-28,32-33H2,1-2H3,(H,41,42,43);/q;;+2/p-2/b2*5-3+,6-4+;. The van der Waals surface area contributed by atoms with Gasteiger partial charge >= 0.3 is 61.6 Å². The second kappa shape index (κ2) is 61.9. The van der Waals surface area contributed by atoms with E-state index in [1.165, 1.54) is 204 Å². The van der Waals surface area contributed by atoms with Crippen LogP contribution in [-0.2, 0) is 39.2 Å². The second-order valence-electron chi connectivity index (χ2n) is 24.4. The van der Waals surface area contributed by atoms with E-state index in [9.17, 15) is 45.1 Å². The Labute approximate surface area is 595 Å². The first-order valence-electron chi connectivity index (χ1n) is 36.0. The molecule has 0 amide bonds. The maximum absolute atomic E-state index is 12.9. The van der Waals surface area contributed by atoms with Crippen LogP contribution >= 0.6 is 0 Å². The maximum atomic E-state index is 12.9. The molecule has 2 aromatic rings. The van der Waals surface area contributed by atoms with E-state index >= 15 is 0 Å². The van der Waals surface area contributed by atoms with Crippen LogP contribution in [0.15, 0.2) is 94.8 Å². The minimum absolute atomic E-state index is 0. The van der Waals surface area contributed by atoms with Gasteiger partial charge in [0.1, 0.15) is 20.2 Å². The summed E-state index contributed by atoms with van der Waals surface area (Å²) in [4.78, 5) is 50.0. The third-order valence-electron chi connectivity index (χ3n) is 16.4. The van der Waals surface area contributed by atoms with Crippen LogP contribution in [0, 0.1) is 0 Å². The predicted molar refractivity (Wildman–Crippen MR) is 378 cm³/mol. The minimum atomic E-state index is -5.01. The molecule has 524 valence electrons. The molecule has 0 spiro atoms. The fourth-order valence-corrected chi connectivity index (χ4v) is 12.4. The summed E-state index contributed by atoms with van der Waals surface area (Å²) in [5, 5.41) is 0. The summed E-state index contributed by atoms with van der Waals surface area (Å²) in [6.07, 6.45) is 67.0. The Bertz CT molecular complexity index is 2400. The number of allylic oxidation sites excluding steroid dienone is 8. The van der Waals surface area contributed by atoms with Gasteiger partial charge in [-0.3, -0.25) is 0 Å². The average molecular weight is 1360 g/mol. The van der Waals surface area contributed by atoms with Gasteiger partial charge in [0.05, 0.1) is 58.5 Å². The third-order valence-corrected chi connectivity index (χ3v) is 18.1. The zero-order valence-electron chi connectivity index (χ0n) is 58.3. The van der Waals surface area contributed by atoms with E-state index in [4.69, 9.17) is 18.9 Å². The maximum Gasteiger partial charge on any atom is 2.00 e. The van der Waals surface area contributed by atoms with Crippen molar-refractivity contribution in [2.45, 2.75) is 320 Å². The van der Waals surface area contributed by atoms with Gasteiger partial charge in [-0.25, -0.2) is 36.0 Å². The summed E-state index contributed by atoms with van der Waals surface area (Å²) < 4.78 is 92.8. The summed E-state index contributed by atoms with van der Waals surface area (Å²) in [5.41, 5.74) is -1.57. The van der Waals surface area contributed by atoms with Crippen LogP contribution in [0.25, 0.3) is 0 Å². The molecule has 0 aliphatic rings. The number of benzene rings is 2. The van der Waals surface area contributed by atoms with Crippen molar-refractivity contribution < 1.29 is 64.1 Å². The normalized spacial score (nSPS) is 11.8. The molecule has 17 heteroatoms. The fraction of sp³-hybridized carbons (Fsp3) is 0.684. The van der Waals surface area contributed by atoms with E-state index in [1.54, 1.807) is 0 Å². The van der Waals surface area contributed by atoms with Crippen molar-refractivity contribution in [2.24, 2.45) is 0 Å². The Morgan fingerprint density at radius 3 is 0.677 bits per heavy atom. The summed E-state index contributed by atoms with van der Waals surface area (Å²) in [7, 11) is -10.0. The predicted octanol–water partition coefficient (Wildman–Crippen LogP) is 20.9. The second-order valence-corrected chi connectivity index (χ2v) is 27.1. The molecule has 14 nitrogen and oxygen atoms in total. The molecule has 93 heavy (non-hydrogen) atoms. The molecule has 0 aromatic heterocycles. The van der Waals surface area contributed by atoms with Crippen LogP contribution in [0.4, 0.5) is 0 Å². The number of hydrogen-bond donors (Lipinski definition) is 0. The molecule has 0 heterocycles. The minimum Gasteiger partial charge on any atom is -0.744 e. The Hall–Kier alpha value is -3.64. The summed E-state index contributed by atoms with van der Waals surface area (Å²) in [6, 6.07) is 7.20. The summed E-state index contributed by atoms with van der Waals surface area (Å²) in [5.74, 6) is -3.64. The van der Waals surface area contributed by atoms with Crippen LogP contribution < -0.4 is 0 Å². The van der Waals surface area contributed by atoms with Crippen molar-refractivity contribution in [3.63, 3.8) is 0 Å². The Kier molecular flexibility index (Phi) is 59.5.